The van der Waals surface area contributed by atoms with Gasteiger partial charge in [-0.25, -0.2) is 17.8 Å². The van der Waals surface area contributed by atoms with E-state index in [1.165, 1.54) is 30.5 Å². The van der Waals surface area contributed by atoms with Gasteiger partial charge in [0.25, 0.3) is 0 Å². The van der Waals surface area contributed by atoms with Crippen molar-refractivity contribution in [1.29, 1.82) is 0 Å². The molecule has 0 bridgehead atoms. The summed E-state index contributed by atoms with van der Waals surface area (Å²) in [7, 11) is -3.36. The molecule has 2 aromatic rings. The Balaban J connectivity index is 2.11. The molecule has 21 heavy (non-hydrogen) atoms. The summed E-state index contributed by atoms with van der Waals surface area (Å²) in [5, 5.41) is 8.91. The van der Waals surface area contributed by atoms with Crippen LogP contribution >= 0.6 is 0 Å². The fourth-order valence-electron chi connectivity index (χ4n) is 1.87. The van der Waals surface area contributed by atoms with E-state index in [0.717, 1.165) is 0 Å². The van der Waals surface area contributed by atoms with Crippen molar-refractivity contribution in [2.45, 2.75) is 12.7 Å². The van der Waals surface area contributed by atoms with Crippen molar-refractivity contribution in [3.63, 3.8) is 0 Å². The highest BCUT2D eigenvalue weighted by Gasteiger charge is 2.19. The zero-order valence-corrected chi connectivity index (χ0v) is 12.3. The van der Waals surface area contributed by atoms with E-state index in [2.05, 4.69) is 4.98 Å². The first-order valence-electron chi connectivity index (χ1n) is 6.41. The van der Waals surface area contributed by atoms with E-state index in [1.54, 1.807) is 6.92 Å². The van der Waals surface area contributed by atoms with E-state index < -0.39 is 9.84 Å². The molecule has 0 aliphatic rings. The predicted octanol–water partition coefficient (Wildman–Crippen LogP) is 2.02. The molecule has 1 heterocycles. The van der Waals surface area contributed by atoms with Gasteiger partial charge in [-0.3, -0.25) is 0 Å². The third-order valence-corrected chi connectivity index (χ3v) is 4.67. The third kappa shape index (κ3) is 4.37. The highest BCUT2D eigenvalue weighted by atomic mass is 32.2. The molecule has 7 heteroatoms. The van der Waals surface area contributed by atoms with Crippen molar-refractivity contribution in [2.75, 3.05) is 12.4 Å². The molecule has 1 aromatic carbocycles. The van der Waals surface area contributed by atoms with Gasteiger partial charge in [-0.2, -0.15) is 0 Å². The SMILES string of the molecule is CC(CO)CS(=O)(=O)Cc1coc(-c2ccc(F)cc2)n1. The molecule has 0 amide bonds. The Hall–Kier alpha value is -1.73. The van der Waals surface area contributed by atoms with E-state index in [1.807, 2.05) is 0 Å². The monoisotopic (exact) mass is 313 g/mol. The number of nitrogens with zero attached hydrogens (tertiary/aromatic N) is 1. The Labute approximate surface area is 122 Å². The number of hydrogen-bond donors (Lipinski definition) is 1. The highest BCUT2D eigenvalue weighted by Crippen LogP contribution is 2.20. The smallest absolute Gasteiger partial charge is 0.226 e. The fourth-order valence-corrected chi connectivity index (χ4v) is 3.54. The summed E-state index contributed by atoms with van der Waals surface area (Å²) in [6.07, 6.45) is 1.28. The lowest BCUT2D eigenvalue weighted by Gasteiger charge is -2.07. The topological polar surface area (TPSA) is 80.4 Å². The van der Waals surface area contributed by atoms with Crippen LogP contribution < -0.4 is 0 Å². The maximum absolute atomic E-state index is 12.8. The maximum atomic E-state index is 12.8. The van der Waals surface area contributed by atoms with E-state index in [-0.39, 0.29) is 35.7 Å². The van der Waals surface area contributed by atoms with Crippen LogP contribution in [0.5, 0.6) is 0 Å². The van der Waals surface area contributed by atoms with E-state index in [4.69, 9.17) is 9.52 Å². The minimum Gasteiger partial charge on any atom is -0.444 e. The van der Waals surface area contributed by atoms with Crippen molar-refractivity contribution in [3.8, 4) is 11.5 Å². The summed E-state index contributed by atoms with van der Waals surface area (Å²) in [5.74, 6) is -0.801. The molecule has 0 fully saturated rings. The Bertz CT molecular complexity index is 694. The first-order valence-corrected chi connectivity index (χ1v) is 8.23. The molecule has 0 saturated heterocycles. The van der Waals surface area contributed by atoms with Gasteiger partial charge in [-0.15, -0.1) is 0 Å². The lowest BCUT2D eigenvalue weighted by molar-refractivity contribution is 0.249. The third-order valence-electron chi connectivity index (χ3n) is 2.86. The minimum atomic E-state index is -3.36. The van der Waals surface area contributed by atoms with Crippen molar-refractivity contribution in [1.82, 2.24) is 4.98 Å². The number of aliphatic hydroxyl groups is 1. The van der Waals surface area contributed by atoms with Gasteiger partial charge in [0.05, 0.1) is 17.2 Å². The maximum Gasteiger partial charge on any atom is 0.226 e. The van der Waals surface area contributed by atoms with Gasteiger partial charge >= 0.3 is 0 Å². The van der Waals surface area contributed by atoms with Crippen LogP contribution in [0.1, 0.15) is 12.6 Å². The first kappa shape index (κ1) is 15.7. The highest BCUT2D eigenvalue weighted by molar-refractivity contribution is 7.90. The average molecular weight is 313 g/mol. The van der Waals surface area contributed by atoms with E-state index in [0.29, 0.717) is 11.3 Å². The molecule has 0 aliphatic heterocycles. The number of rotatable bonds is 6. The van der Waals surface area contributed by atoms with Crippen molar-refractivity contribution >= 4 is 9.84 Å². The van der Waals surface area contributed by atoms with Crippen molar-refractivity contribution < 1.29 is 22.3 Å². The Morgan fingerprint density at radius 3 is 2.62 bits per heavy atom. The lowest BCUT2D eigenvalue weighted by atomic mass is 10.2. The van der Waals surface area contributed by atoms with Crippen molar-refractivity contribution in [2.24, 2.45) is 5.92 Å². The molecule has 0 aliphatic carbocycles. The number of aromatic nitrogens is 1. The standard InChI is InChI=1S/C14H16FNO4S/c1-10(6-17)8-21(18,19)9-13-7-20-14(16-13)11-2-4-12(15)5-3-11/h2-5,7,10,17H,6,8-9H2,1H3. The number of hydrogen-bond acceptors (Lipinski definition) is 5. The number of oxazole rings is 1. The molecule has 5 nitrogen and oxygen atoms in total. The molecular weight excluding hydrogens is 297 g/mol. The zero-order chi connectivity index (χ0) is 15.5. The number of aliphatic hydroxyl groups excluding tert-OH is 1. The second kappa shape index (κ2) is 6.36. The molecule has 114 valence electrons. The molecule has 0 spiro atoms. The van der Waals surface area contributed by atoms with Crippen LogP contribution in [0.25, 0.3) is 11.5 Å². The Morgan fingerprint density at radius 2 is 2.00 bits per heavy atom. The zero-order valence-electron chi connectivity index (χ0n) is 11.5. The second-order valence-electron chi connectivity index (χ2n) is 4.99. The molecule has 2 rings (SSSR count). The van der Waals surface area contributed by atoms with Gasteiger partial charge in [0.2, 0.25) is 5.89 Å². The summed E-state index contributed by atoms with van der Waals surface area (Å²) >= 11 is 0. The second-order valence-corrected chi connectivity index (χ2v) is 7.10. The molecule has 1 aromatic heterocycles. The van der Waals surface area contributed by atoms with Gasteiger partial charge < -0.3 is 9.52 Å². The predicted molar refractivity (Wildman–Crippen MR) is 75.6 cm³/mol. The van der Waals surface area contributed by atoms with Crippen LogP contribution in [0.4, 0.5) is 4.39 Å². The van der Waals surface area contributed by atoms with Crippen LogP contribution in [0.2, 0.25) is 0 Å². The van der Waals surface area contributed by atoms with Gasteiger partial charge in [0.1, 0.15) is 12.1 Å². The summed E-state index contributed by atoms with van der Waals surface area (Å²) < 4.78 is 41.9. The molecule has 1 N–H and O–H groups in total. The Kier molecular flexibility index (Phi) is 4.74. The van der Waals surface area contributed by atoms with Crippen LogP contribution in [-0.4, -0.2) is 30.9 Å². The quantitative estimate of drug-likeness (QED) is 0.882. The molecule has 1 atom stereocenters. The summed E-state index contributed by atoms with van der Waals surface area (Å²) in [6.45, 7) is 1.48. The first-order chi connectivity index (χ1) is 9.89. The van der Waals surface area contributed by atoms with Gasteiger partial charge in [0.15, 0.2) is 9.84 Å². The van der Waals surface area contributed by atoms with Crippen LogP contribution in [0.3, 0.4) is 0 Å². The number of sulfone groups is 1. The Morgan fingerprint density at radius 1 is 1.33 bits per heavy atom. The fraction of sp³-hybridized carbons (Fsp3) is 0.357. The summed E-state index contributed by atoms with van der Waals surface area (Å²) in [4.78, 5) is 4.10. The minimum absolute atomic E-state index is 0.109. The average Bonchev–Trinajstić information content (AvgIpc) is 2.86. The summed E-state index contributed by atoms with van der Waals surface area (Å²) in [5.41, 5.74) is 0.864. The van der Waals surface area contributed by atoms with Crippen LogP contribution in [-0.2, 0) is 15.6 Å². The van der Waals surface area contributed by atoms with E-state index in [9.17, 15) is 12.8 Å². The number of halogens is 1. The van der Waals surface area contributed by atoms with Crippen LogP contribution in [0.15, 0.2) is 34.9 Å². The molecular formula is C14H16FNO4S. The summed E-state index contributed by atoms with van der Waals surface area (Å²) in [6, 6.07) is 5.57. The number of benzene rings is 1. The van der Waals surface area contributed by atoms with Crippen molar-refractivity contribution in [3.05, 3.63) is 42.0 Å². The van der Waals surface area contributed by atoms with Gasteiger partial charge in [0, 0.05) is 12.2 Å². The van der Waals surface area contributed by atoms with E-state index >= 15 is 0 Å². The largest absolute Gasteiger partial charge is 0.444 e. The van der Waals surface area contributed by atoms with Gasteiger partial charge in [-0.05, 0) is 30.2 Å². The lowest BCUT2D eigenvalue weighted by Crippen LogP contribution is -2.18. The molecule has 0 saturated carbocycles. The van der Waals surface area contributed by atoms with Crippen LogP contribution in [0, 0.1) is 11.7 Å². The molecule has 0 radical (unpaired) electrons. The molecule has 1 unspecified atom stereocenters. The van der Waals surface area contributed by atoms with Gasteiger partial charge in [-0.1, -0.05) is 6.92 Å². The normalized spacial score (nSPS) is 13.3.